The summed E-state index contributed by atoms with van der Waals surface area (Å²) in [5.74, 6) is -2.81. The van der Waals surface area contributed by atoms with E-state index < -0.39 is 47.6 Å². The van der Waals surface area contributed by atoms with Gasteiger partial charge < -0.3 is 24.4 Å². The molecule has 1 atom stereocenters. The zero-order valence-corrected chi connectivity index (χ0v) is 24.9. The van der Waals surface area contributed by atoms with E-state index in [1.807, 2.05) is 0 Å². The summed E-state index contributed by atoms with van der Waals surface area (Å²) in [7, 11) is 0.492. The summed E-state index contributed by atoms with van der Waals surface area (Å²) in [6.45, 7) is 3.66. The van der Waals surface area contributed by atoms with E-state index in [0.717, 1.165) is 12.8 Å². The number of carbonyl (C=O) groups is 2. The molecule has 2 heterocycles. The Balaban J connectivity index is 1.75. The first-order chi connectivity index (χ1) is 19.0. The number of carbonyl (C=O) groups excluding carboxylic acids is 2. The lowest BCUT2D eigenvalue weighted by Crippen LogP contribution is -2.69. The van der Waals surface area contributed by atoms with Gasteiger partial charge in [-0.2, -0.15) is 0 Å². The molecular weight excluding hydrogens is 561 g/mol. The Morgan fingerprint density at radius 3 is 2.45 bits per heavy atom. The molecule has 1 aromatic carbocycles. The maximum absolute atomic E-state index is 14.3. The van der Waals surface area contributed by atoms with Gasteiger partial charge in [0.1, 0.15) is 17.0 Å². The minimum absolute atomic E-state index is 0.0305. The number of hydrogen-bond donors (Lipinski definition) is 2. The predicted molar refractivity (Wildman–Crippen MR) is 151 cm³/mol. The van der Waals surface area contributed by atoms with Gasteiger partial charge >= 0.3 is 7.60 Å². The molecule has 2 aliphatic rings. The van der Waals surface area contributed by atoms with Gasteiger partial charge in [0.2, 0.25) is 5.43 Å². The van der Waals surface area contributed by atoms with E-state index in [-0.39, 0.29) is 43.7 Å². The number of rotatable bonds is 10. The third kappa shape index (κ3) is 5.55. The van der Waals surface area contributed by atoms with Crippen molar-refractivity contribution >= 4 is 34.0 Å². The fraction of sp³-hybridized carbons (Fsp3) is 0.500. The van der Waals surface area contributed by atoms with E-state index in [1.54, 1.807) is 32.0 Å². The Kier molecular flexibility index (Phi) is 9.05. The molecule has 1 saturated carbocycles. The number of aromatic nitrogens is 1. The Morgan fingerprint density at radius 2 is 1.85 bits per heavy atom. The van der Waals surface area contributed by atoms with Crippen LogP contribution in [0.1, 0.15) is 65.9 Å². The highest BCUT2D eigenvalue weighted by Crippen LogP contribution is 2.49. The van der Waals surface area contributed by atoms with Crippen LogP contribution in [0.25, 0.3) is 0 Å². The van der Waals surface area contributed by atoms with E-state index in [1.165, 1.54) is 27.9 Å². The third-order valence-electron chi connectivity index (χ3n) is 7.44. The Hall–Kier alpha value is -2.78. The van der Waals surface area contributed by atoms with Crippen LogP contribution < -0.4 is 21.1 Å². The quantitative estimate of drug-likeness (QED) is 0.401. The van der Waals surface area contributed by atoms with Crippen LogP contribution in [0.5, 0.6) is 5.75 Å². The molecule has 2 aromatic rings. The molecule has 11 nitrogen and oxygen atoms in total. The number of pyridine rings is 1. The van der Waals surface area contributed by atoms with Gasteiger partial charge in [0.15, 0.2) is 11.4 Å². The van der Waals surface area contributed by atoms with Crippen molar-refractivity contribution in [3.8, 4) is 5.75 Å². The van der Waals surface area contributed by atoms with Crippen molar-refractivity contribution in [2.24, 2.45) is 0 Å². The summed E-state index contributed by atoms with van der Waals surface area (Å²) in [6.07, 6.45) is 3.99. The van der Waals surface area contributed by atoms with Crippen LogP contribution in [-0.2, 0) is 20.2 Å². The number of nitrogens with zero attached hydrogens (tertiary/aromatic N) is 3. The Bertz CT molecular complexity index is 1400. The molecule has 1 spiro atoms. The molecule has 1 aliphatic carbocycles. The van der Waals surface area contributed by atoms with Crippen LogP contribution in [0.15, 0.2) is 29.2 Å². The van der Waals surface area contributed by atoms with Crippen LogP contribution in [0.3, 0.4) is 0 Å². The second-order valence-corrected chi connectivity index (χ2v) is 12.6. The van der Waals surface area contributed by atoms with Gasteiger partial charge in [-0.25, -0.2) is 4.39 Å². The summed E-state index contributed by atoms with van der Waals surface area (Å²) < 4.78 is 39.9. The van der Waals surface area contributed by atoms with Gasteiger partial charge in [0, 0.05) is 31.9 Å². The summed E-state index contributed by atoms with van der Waals surface area (Å²) >= 11 is 0. The normalized spacial score (nSPS) is 16.5. The van der Waals surface area contributed by atoms with Crippen LogP contribution in [-0.4, -0.2) is 65.1 Å². The lowest BCUT2D eigenvalue weighted by molar-refractivity contribution is 0.0382. The van der Waals surface area contributed by atoms with E-state index in [0.29, 0.717) is 18.1 Å². The second kappa shape index (κ2) is 12.0. The van der Waals surface area contributed by atoms with Crippen LogP contribution >= 0.6 is 16.8 Å². The summed E-state index contributed by atoms with van der Waals surface area (Å²) in [5, 5.41) is 15.8. The maximum Gasteiger partial charge on any atom is 0.332 e. The largest absolute Gasteiger partial charge is 0.502 e. The Morgan fingerprint density at radius 1 is 1.20 bits per heavy atom. The van der Waals surface area contributed by atoms with E-state index >= 15 is 0 Å². The van der Waals surface area contributed by atoms with Gasteiger partial charge in [-0.1, -0.05) is 12.1 Å². The molecule has 2 amide bonds. The highest BCUT2D eigenvalue weighted by atomic mass is 31.2. The number of hydrogen-bond acceptors (Lipinski definition) is 8. The molecule has 2 N–H and O–H groups in total. The fourth-order valence-electron chi connectivity index (χ4n) is 5.47. The molecule has 218 valence electrons. The molecule has 40 heavy (non-hydrogen) atoms. The van der Waals surface area contributed by atoms with Gasteiger partial charge in [-0.15, -0.1) is 9.24 Å². The van der Waals surface area contributed by atoms with Crippen molar-refractivity contribution in [1.82, 2.24) is 14.9 Å². The zero-order chi connectivity index (χ0) is 29.2. The minimum Gasteiger partial charge on any atom is -0.502 e. The first-order valence-electron chi connectivity index (χ1n) is 13.2. The van der Waals surface area contributed by atoms with E-state index in [9.17, 15) is 28.4 Å². The molecule has 1 aliphatic heterocycles. The van der Waals surface area contributed by atoms with Gasteiger partial charge in [0.25, 0.3) is 11.8 Å². The van der Waals surface area contributed by atoms with Crippen molar-refractivity contribution in [3.05, 3.63) is 57.3 Å². The first-order valence-corrected chi connectivity index (χ1v) is 15.5. The van der Waals surface area contributed by atoms with Gasteiger partial charge in [-0.05, 0) is 50.9 Å². The van der Waals surface area contributed by atoms with Crippen molar-refractivity contribution in [1.29, 1.82) is 0 Å². The molecule has 1 fully saturated rings. The highest BCUT2D eigenvalue weighted by molar-refractivity contribution is 7.53. The third-order valence-corrected chi connectivity index (χ3v) is 9.85. The number of nitrogens with one attached hydrogen (secondary N) is 1. The predicted octanol–water partition coefficient (Wildman–Crippen LogP) is 2.68. The van der Waals surface area contributed by atoms with Crippen molar-refractivity contribution in [2.45, 2.75) is 51.7 Å². The lowest BCUT2D eigenvalue weighted by Gasteiger charge is -2.53. The maximum atomic E-state index is 14.3. The average molecular weight is 597 g/mol. The molecule has 14 heteroatoms. The summed E-state index contributed by atoms with van der Waals surface area (Å²) in [6, 6.07) is 4.49. The summed E-state index contributed by atoms with van der Waals surface area (Å²) in [5.41, 5.74) is -2.37. The second-order valence-electron chi connectivity index (χ2n) is 9.79. The minimum atomic E-state index is -3.49. The fourth-order valence-corrected chi connectivity index (χ4v) is 7.26. The molecular formula is C26H35FN4O7P2. The SMILES string of the molecule is CCOP(=O)(CCN1n2cc(C(=O)NCc3ccc(P)cc3F)c(=O)c(O)c2C(=O)N(C)C12CCCC2)OCC. The number of aromatic hydroxyl groups is 1. The monoisotopic (exact) mass is 596 g/mol. The van der Waals surface area contributed by atoms with E-state index in [4.69, 9.17) is 9.05 Å². The van der Waals surface area contributed by atoms with Crippen LogP contribution in [0.4, 0.5) is 4.39 Å². The summed E-state index contributed by atoms with van der Waals surface area (Å²) in [4.78, 5) is 41.2. The smallest absolute Gasteiger partial charge is 0.332 e. The average Bonchev–Trinajstić information content (AvgIpc) is 3.39. The zero-order valence-electron chi connectivity index (χ0n) is 22.8. The number of benzene rings is 1. The van der Waals surface area contributed by atoms with E-state index in [2.05, 4.69) is 14.6 Å². The molecule has 0 saturated heterocycles. The molecule has 0 bridgehead atoms. The Labute approximate surface area is 234 Å². The lowest BCUT2D eigenvalue weighted by atomic mass is 10.0. The number of amides is 2. The standard InChI is InChI=1S/C26H35FN4O7P2/c1-4-37-40(36,38-5-2)13-12-31-26(10-6-7-11-26)29(3)25(35)21-23(33)22(32)19(16-30(21)31)24(34)28-15-17-8-9-18(39)14-20(17)27/h8-9,14,16,33H,4-7,10-13,15,39H2,1-3H3,(H,28,34). The van der Waals surface area contributed by atoms with Gasteiger partial charge in [-0.3, -0.25) is 28.6 Å². The highest BCUT2D eigenvalue weighted by Gasteiger charge is 2.51. The molecule has 0 radical (unpaired) electrons. The van der Waals surface area contributed by atoms with Gasteiger partial charge in [0.05, 0.1) is 19.4 Å². The van der Waals surface area contributed by atoms with Crippen LogP contribution in [0.2, 0.25) is 0 Å². The topological polar surface area (TPSA) is 130 Å². The first kappa shape index (κ1) is 30.2. The molecule has 4 rings (SSSR count). The van der Waals surface area contributed by atoms with Crippen molar-refractivity contribution in [3.63, 3.8) is 0 Å². The number of fused-ring (bicyclic) bond motifs is 1. The van der Waals surface area contributed by atoms with Crippen LogP contribution in [0, 0.1) is 5.82 Å². The van der Waals surface area contributed by atoms with Crippen molar-refractivity contribution < 1.29 is 32.7 Å². The van der Waals surface area contributed by atoms with Crippen molar-refractivity contribution in [2.75, 3.05) is 38.0 Å². The molecule has 1 unspecified atom stereocenters. The molecule has 1 aromatic heterocycles. The number of halogens is 1.